The third-order valence-corrected chi connectivity index (χ3v) is 12.0. The summed E-state index contributed by atoms with van der Waals surface area (Å²) in [5, 5.41) is 0. The van der Waals surface area contributed by atoms with Crippen LogP contribution in [0.1, 0.15) is 63.9 Å². The Morgan fingerprint density at radius 2 is 0.476 bits per heavy atom. The van der Waals surface area contributed by atoms with E-state index in [2.05, 4.69) is 31.2 Å². The van der Waals surface area contributed by atoms with Gasteiger partial charge in [0.2, 0.25) is 0 Å². The molecule has 0 bridgehead atoms. The molecule has 26 heteroatoms. The van der Waals surface area contributed by atoms with Gasteiger partial charge in [0.15, 0.2) is 0 Å². The number of benzene rings is 1. The minimum absolute atomic E-state index is 0. The summed E-state index contributed by atoms with van der Waals surface area (Å²) in [6.45, 7) is 21.4. The van der Waals surface area contributed by atoms with Crippen LogP contribution < -0.4 is 56.1 Å². The van der Waals surface area contributed by atoms with Crippen LogP contribution in [0.25, 0.3) is 0 Å². The molecular formula is C58H109KO24S. The Kier molecular flexibility index (Phi) is 71.6. The van der Waals surface area contributed by atoms with Crippen molar-refractivity contribution in [1.82, 2.24) is 0 Å². The molecule has 0 aliphatic rings. The van der Waals surface area contributed by atoms with Gasteiger partial charge in [0.05, 0.1) is 268 Å². The Morgan fingerprint density at radius 3 is 0.702 bits per heavy atom. The van der Waals surface area contributed by atoms with E-state index in [1.807, 2.05) is 0 Å². The van der Waals surface area contributed by atoms with Gasteiger partial charge in [-0.25, -0.2) is 8.42 Å². The van der Waals surface area contributed by atoms with E-state index in [9.17, 15) is 13.0 Å². The molecule has 0 N–H and O–H groups in total. The number of rotatable bonds is 73. The van der Waals surface area contributed by atoms with E-state index < -0.39 is 15.9 Å². The molecule has 24 nitrogen and oxygen atoms in total. The summed E-state index contributed by atoms with van der Waals surface area (Å²) in [5.41, 5.74) is 1.37. The van der Waals surface area contributed by atoms with Crippen molar-refractivity contribution in [3.63, 3.8) is 0 Å². The summed E-state index contributed by atoms with van der Waals surface area (Å²) in [4.78, 5) is 0. The van der Waals surface area contributed by atoms with Gasteiger partial charge in [-0.15, -0.1) is 0 Å². The van der Waals surface area contributed by atoms with E-state index in [-0.39, 0.29) is 64.4 Å². The van der Waals surface area contributed by atoms with Gasteiger partial charge in [-0.2, -0.15) is 0 Å². The zero-order chi connectivity index (χ0) is 59.4. The molecule has 0 radical (unpaired) electrons. The third kappa shape index (κ3) is 70.8. The average molecular weight is 1260 g/mol. The molecule has 0 saturated heterocycles. The number of aryl methyl sites for hydroxylation is 1. The first kappa shape index (κ1) is 83.8. The average Bonchev–Trinajstić information content (AvgIpc) is 3.56. The van der Waals surface area contributed by atoms with Crippen LogP contribution in [0.3, 0.4) is 0 Å². The first-order valence-corrected chi connectivity index (χ1v) is 31.8. The molecule has 0 fully saturated rings. The maximum Gasteiger partial charge on any atom is 1.00 e. The van der Waals surface area contributed by atoms with Crippen LogP contribution in [0.15, 0.2) is 24.3 Å². The van der Waals surface area contributed by atoms with Gasteiger partial charge in [-0.05, 0) is 37.0 Å². The topological polar surface area (TPSA) is 251 Å². The van der Waals surface area contributed by atoms with Crippen LogP contribution >= 0.6 is 0 Å². The molecule has 0 amide bonds. The van der Waals surface area contributed by atoms with Gasteiger partial charge < -0.3 is 104 Å². The fourth-order valence-electron chi connectivity index (χ4n) is 6.88. The predicted molar refractivity (Wildman–Crippen MR) is 309 cm³/mol. The van der Waals surface area contributed by atoms with E-state index in [0.717, 1.165) is 12.2 Å². The second-order valence-corrected chi connectivity index (χ2v) is 19.8. The van der Waals surface area contributed by atoms with Crippen molar-refractivity contribution in [2.45, 2.75) is 64.7 Å². The Balaban J connectivity index is 0.0000689. The number of hydrogen-bond acceptors (Lipinski definition) is 24. The first-order valence-electron chi connectivity index (χ1n) is 30.2. The summed E-state index contributed by atoms with van der Waals surface area (Å²) in [5.74, 6) is 0.457. The van der Waals surface area contributed by atoms with E-state index >= 15 is 0 Å². The normalized spacial score (nSPS) is 11.7. The van der Waals surface area contributed by atoms with Crippen LogP contribution in [-0.4, -0.2) is 290 Å². The van der Waals surface area contributed by atoms with Gasteiger partial charge in [0, 0.05) is 12.4 Å². The molecule has 492 valence electrons. The Labute approximate surface area is 546 Å². The van der Waals surface area contributed by atoms with Gasteiger partial charge in [-0.3, -0.25) is 0 Å². The zero-order valence-corrected chi connectivity index (χ0v) is 55.5. The molecule has 0 spiro atoms. The monoisotopic (exact) mass is 1260 g/mol. The van der Waals surface area contributed by atoms with Crippen LogP contribution in [0.4, 0.5) is 0 Å². The quantitative estimate of drug-likeness (QED) is 0.0511. The van der Waals surface area contributed by atoms with E-state index in [4.69, 9.17) is 99.5 Å². The number of ether oxygens (including phenoxy) is 21. The third-order valence-electron chi connectivity index (χ3n) is 11.2. The van der Waals surface area contributed by atoms with Crippen LogP contribution in [-0.2, 0) is 111 Å². The second kappa shape index (κ2) is 71.8. The van der Waals surface area contributed by atoms with Crippen LogP contribution in [0.5, 0.6) is 5.75 Å². The summed E-state index contributed by atoms with van der Waals surface area (Å²) >= 11 is 0. The standard InChI is InChI=1S/C58H110O24S.K/c1-2-3-4-5-6-7-8-10-57-11-13-58(14-12-57)82-55-54-81-53-52-80-51-50-79-49-48-78-47-46-77-45-44-76-43-42-75-41-40-74-39-38-73-37-36-72-35-34-71-33-32-70-31-30-69-29-28-68-27-26-67-25-24-66-23-22-65-21-20-64-19-18-63-17-16-62-15-9-56-83(59,60)61;/h11-14H,2-10,15-56H2,1H3,(H,59,60,61);/q;+1/p-1. The molecule has 0 atom stereocenters. The Bertz CT molecular complexity index is 1500. The Morgan fingerprint density at radius 1 is 0.274 bits per heavy atom. The van der Waals surface area contributed by atoms with E-state index in [1.54, 1.807) is 0 Å². The first-order chi connectivity index (χ1) is 41.0. The minimum atomic E-state index is -4.19. The molecule has 0 aliphatic carbocycles. The molecule has 0 unspecified atom stereocenters. The van der Waals surface area contributed by atoms with Crippen molar-refractivity contribution in [1.29, 1.82) is 0 Å². The molecule has 1 aromatic rings. The maximum atomic E-state index is 10.5. The van der Waals surface area contributed by atoms with Crippen molar-refractivity contribution in [3.05, 3.63) is 29.8 Å². The molecule has 1 rings (SSSR count). The summed E-state index contributed by atoms with van der Waals surface area (Å²) in [6.07, 6.45) is 10.6. The molecular weight excluding hydrogens is 1150 g/mol. The fraction of sp³-hybridized carbons (Fsp3) is 0.897. The van der Waals surface area contributed by atoms with Crippen molar-refractivity contribution in [3.8, 4) is 5.75 Å². The van der Waals surface area contributed by atoms with Crippen molar-refractivity contribution >= 4 is 10.1 Å². The van der Waals surface area contributed by atoms with Crippen molar-refractivity contribution in [2.75, 3.05) is 277 Å². The fourth-order valence-corrected chi connectivity index (χ4v) is 7.35. The maximum absolute atomic E-state index is 10.5. The molecule has 0 saturated carbocycles. The molecule has 0 aliphatic heterocycles. The van der Waals surface area contributed by atoms with E-state index in [0.29, 0.717) is 264 Å². The van der Waals surface area contributed by atoms with E-state index in [1.165, 1.54) is 50.5 Å². The smallest absolute Gasteiger partial charge is 0.748 e. The molecule has 0 heterocycles. The van der Waals surface area contributed by atoms with Gasteiger partial charge >= 0.3 is 51.4 Å². The molecule has 0 aromatic heterocycles. The Hall–Kier alpha value is -0.234. The zero-order valence-electron chi connectivity index (χ0n) is 51.6. The minimum Gasteiger partial charge on any atom is -0.748 e. The van der Waals surface area contributed by atoms with Gasteiger partial charge in [0.25, 0.3) is 0 Å². The second-order valence-electron chi connectivity index (χ2n) is 18.2. The number of unbranched alkanes of at least 4 members (excludes halogenated alkanes) is 6. The molecule has 1 aromatic carbocycles. The van der Waals surface area contributed by atoms with Gasteiger partial charge in [-0.1, -0.05) is 57.6 Å². The summed E-state index contributed by atoms with van der Waals surface area (Å²) in [6, 6.07) is 8.44. The summed E-state index contributed by atoms with van der Waals surface area (Å²) < 4.78 is 147. The molecule has 84 heavy (non-hydrogen) atoms. The van der Waals surface area contributed by atoms with Crippen molar-refractivity contribution < 1.29 is 164 Å². The van der Waals surface area contributed by atoms with Crippen LogP contribution in [0, 0.1) is 0 Å². The SMILES string of the molecule is CCCCCCCCCc1ccc(OCCOCCOCCOCCOCCOCCOCCOCCOCCOCCOCCOCCOCCOCCOCCOCCOCCOCCOCCOCCOCCCS(=O)(=O)[O-])cc1.[K+]. The predicted octanol–water partition coefficient (Wildman–Crippen LogP) is 1.63. The van der Waals surface area contributed by atoms with Gasteiger partial charge in [0.1, 0.15) is 12.4 Å². The summed E-state index contributed by atoms with van der Waals surface area (Å²) in [7, 11) is -4.19. The number of hydrogen-bond donors (Lipinski definition) is 0. The van der Waals surface area contributed by atoms with Crippen LogP contribution in [0.2, 0.25) is 0 Å². The largest absolute Gasteiger partial charge is 1.00 e. The van der Waals surface area contributed by atoms with Crippen molar-refractivity contribution in [2.24, 2.45) is 0 Å².